The van der Waals surface area contributed by atoms with Gasteiger partial charge in [-0.3, -0.25) is 9.88 Å². The summed E-state index contributed by atoms with van der Waals surface area (Å²) in [7, 11) is 0. The Kier molecular flexibility index (Phi) is 4.88. The Balaban J connectivity index is 1.87. The Bertz CT molecular complexity index is 315. The van der Waals surface area contributed by atoms with Crippen LogP contribution in [0, 0.1) is 0 Å². The summed E-state index contributed by atoms with van der Waals surface area (Å²) in [4.78, 5) is 6.18. The number of ether oxygens (including phenoxy) is 2. The number of hydrogen-bond donors (Lipinski definition) is 1. The lowest BCUT2D eigenvalue weighted by molar-refractivity contribution is -0.0648. The minimum atomic E-state index is -0.168. The van der Waals surface area contributed by atoms with E-state index in [1.807, 2.05) is 18.3 Å². The number of hydrogen-bond acceptors (Lipinski definition) is 5. The van der Waals surface area contributed by atoms with Crippen LogP contribution in [-0.2, 0) is 16.0 Å². The number of nitrogens with zero attached hydrogens (tertiary/aromatic N) is 2. The lowest BCUT2D eigenvalue weighted by Crippen LogP contribution is -2.34. The van der Waals surface area contributed by atoms with E-state index < -0.39 is 0 Å². The summed E-state index contributed by atoms with van der Waals surface area (Å²) >= 11 is 0. The van der Waals surface area contributed by atoms with Gasteiger partial charge in [-0.2, -0.15) is 0 Å². The van der Waals surface area contributed by atoms with E-state index in [4.69, 9.17) is 14.6 Å². The molecule has 1 fully saturated rings. The van der Waals surface area contributed by atoms with Gasteiger partial charge in [0.2, 0.25) is 0 Å². The Labute approximate surface area is 101 Å². The van der Waals surface area contributed by atoms with E-state index in [9.17, 15) is 0 Å². The summed E-state index contributed by atoms with van der Waals surface area (Å²) < 4.78 is 10.8. The molecule has 5 nitrogen and oxygen atoms in total. The zero-order valence-corrected chi connectivity index (χ0v) is 9.79. The Morgan fingerprint density at radius 1 is 1.41 bits per heavy atom. The van der Waals surface area contributed by atoms with Gasteiger partial charge in [-0.15, -0.1) is 0 Å². The quantitative estimate of drug-likeness (QED) is 0.770. The van der Waals surface area contributed by atoms with Crippen molar-refractivity contribution in [3.63, 3.8) is 0 Å². The molecule has 2 heterocycles. The van der Waals surface area contributed by atoms with Crippen LogP contribution in [-0.4, -0.2) is 54.2 Å². The van der Waals surface area contributed by atoms with E-state index in [1.54, 1.807) is 6.20 Å². The van der Waals surface area contributed by atoms with Crippen LogP contribution in [0.3, 0.4) is 0 Å². The number of rotatable bonds is 6. The summed E-state index contributed by atoms with van der Waals surface area (Å²) in [6, 6.07) is 3.93. The average Bonchev–Trinajstić information content (AvgIpc) is 2.83. The largest absolute Gasteiger partial charge is 0.395 e. The Morgan fingerprint density at radius 2 is 2.24 bits per heavy atom. The van der Waals surface area contributed by atoms with Crippen molar-refractivity contribution in [2.45, 2.75) is 12.8 Å². The van der Waals surface area contributed by atoms with Crippen molar-refractivity contribution in [2.24, 2.45) is 0 Å². The minimum Gasteiger partial charge on any atom is -0.395 e. The van der Waals surface area contributed by atoms with Gasteiger partial charge < -0.3 is 14.6 Å². The third-order valence-electron chi connectivity index (χ3n) is 2.64. The van der Waals surface area contributed by atoms with Gasteiger partial charge in [0.05, 0.1) is 19.8 Å². The van der Waals surface area contributed by atoms with Gasteiger partial charge in [0.25, 0.3) is 0 Å². The third-order valence-corrected chi connectivity index (χ3v) is 2.64. The molecule has 2 rings (SSSR count). The van der Waals surface area contributed by atoms with Crippen LogP contribution in [0.25, 0.3) is 0 Å². The number of aliphatic hydroxyl groups excluding tert-OH is 1. The molecule has 1 aliphatic heterocycles. The van der Waals surface area contributed by atoms with Crippen LogP contribution in [0.1, 0.15) is 5.56 Å². The summed E-state index contributed by atoms with van der Waals surface area (Å²) in [6.07, 6.45) is 3.42. The molecule has 1 aromatic rings. The van der Waals surface area contributed by atoms with Crippen LogP contribution in [0.15, 0.2) is 24.5 Å². The molecule has 0 aromatic carbocycles. The molecule has 0 bridgehead atoms. The third kappa shape index (κ3) is 4.05. The van der Waals surface area contributed by atoms with Crippen molar-refractivity contribution in [1.29, 1.82) is 0 Å². The van der Waals surface area contributed by atoms with Crippen molar-refractivity contribution >= 4 is 0 Å². The first-order valence-electron chi connectivity index (χ1n) is 5.84. The molecule has 1 aromatic heterocycles. The number of aliphatic hydroxyl groups is 1. The summed E-state index contributed by atoms with van der Waals surface area (Å²) in [5, 5.41) is 9.05. The van der Waals surface area contributed by atoms with E-state index >= 15 is 0 Å². The first-order chi connectivity index (χ1) is 8.38. The molecule has 1 aliphatic rings. The second kappa shape index (κ2) is 6.66. The van der Waals surface area contributed by atoms with E-state index in [2.05, 4.69) is 9.88 Å². The normalized spacial score (nSPS) is 16.8. The molecule has 5 heteroatoms. The van der Waals surface area contributed by atoms with Crippen molar-refractivity contribution in [3.05, 3.63) is 30.1 Å². The maximum absolute atomic E-state index is 9.05. The molecule has 1 saturated heterocycles. The van der Waals surface area contributed by atoms with E-state index in [0.29, 0.717) is 26.3 Å². The molecule has 0 amide bonds. The maximum atomic E-state index is 9.05. The zero-order valence-electron chi connectivity index (χ0n) is 9.79. The monoisotopic (exact) mass is 238 g/mol. The fourth-order valence-electron chi connectivity index (χ4n) is 1.85. The lowest BCUT2D eigenvalue weighted by Gasteiger charge is -2.23. The minimum absolute atomic E-state index is 0.132. The summed E-state index contributed by atoms with van der Waals surface area (Å²) in [5.74, 6) is 0. The second-order valence-corrected chi connectivity index (χ2v) is 3.99. The van der Waals surface area contributed by atoms with Crippen molar-refractivity contribution in [2.75, 3.05) is 32.9 Å². The molecule has 0 spiro atoms. The maximum Gasteiger partial charge on any atom is 0.170 e. The zero-order chi connectivity index (χ0) is 11.9. The van der Waals surface area contributed by atoms with Crippen LogP contribution >= 0.6 is 0 Å². The average molecular weight is 238 g/mol. The fraction of sp³-hybridized carbons (Fsp3) is 0.583. The highest BCUT2D eigenvalue weighted by molar-refractivity contribution is 5.08. The lowest BCUT2D eigenvalue weighted by atomic mass is 10.2. The van der Waals surface area contributed by atoms with Gasteiger partial charge in [-0.25, -0.2) is 0 Å². The van der Waals surface area contributed by atoms with Crippen LogP contribution in [0.4, 0.5) is 0 Å². The van der Waals surface area contributed by atoms with E-state index in [1.165, 1.54) is 0 Å². The van der Waals surface area contributed by atoms with Gasteiger partial charge in [0.1, 0.15) is 0 Å². The van der Waals surface area contributed by atoms with Gasteiger partial charge in [-0.1, -0.05) is 6.07 Å². The number of aromatic nitrogens is 1. The highest BCUT2D eigenvalue weighted by Crippen LogP contribution is 2.09. The predicted octanol–water partition coefficient (Wildman–Crippen LogP) is 0.249. The van der Waals surface area contributed by atoms with E-state index in [-0.39, 0.29) is 12.9 Å². The SMILES string of the molecule is OCCN(Cc1cccnc1)CC1OCCO1. The van der Waals surface area contributed by atoms with Crippen LogP contribution < -0.4 is 0 Å². The summed E-state index contributed by atoms with van der Waals surface area (Å²) in [6.45, 7) is 3.48. The molecule has 0 saturated carbocycles. The smallest absolute Gasteiger partial charge is 0.170 e. The molecular formula is C12H18N2O3. The molecule has 1 N–H and O–H groups in total. The highest BCUT2D eigenvalue weighted by Gasteiger charge is 2.19. The number of pyridine rings is 1. The van der Waals surface area contributed by atoms with E-state index in [0.717, 1.165) is 12.1 Å². The highest BCUT2D eigenvalue weighted by atomic mass is 16.7. The molecule has 94 valence electrons. The molecular weight excluding hydrogens is 220 g/mol. The van der Waals surface area contributed by atoms with Gasteiger partial charge in [0.15, 0.2) is 6.29 Å². The first kappa shape index (κ1) is 12.4. The van der Waals surface area contributed by atoms with Gasteiger partial charge in [-0.05, 0) is 11.6 Å². The van der Waals surface area contributed by atoms with Crippen molar-refractivity contribution in [3.8, 4) is 0 Å². The summed E-state index contributed by atoms with van der Waals surface area (Å²) in [5.41, 5.74) is 1.12. The van der Waals surface area contributed by atoms with Crippen molar-refractivity contribution < 1.29 is 14.6 Å². The molecule has 0 aliphatic carbocycles. The Hall–Kier alpha value is -1.01. The fourth-order valence-corrected chi connectivity index (χ4v) is 1.85. The molecule has 17 heavy (non-hydrogen) atoms. The molecule has 0 unspecified atom stereocenters. The topological polar surface area (TPSA) is 54.8 Å². The van der Waals surface area contributed by atoms with Crippen LogP contribution in [0.5, 0.6) is 0 Å². The van der Waals surface area contributed by atoms with Crippen molar-refractivity contribution in [1.82, 2.24) is 9.88 Å². The Morgan fingerprint density at radius 3 is 2.88 bits per heavy atom. The van der Waals surface area contributed by atoms with Crippen LogP contribution in [0.2, 0.25) is 0 Å². The first-order valence-corrected chi connectivity index (χ1v) is 5.84. The molecule has 0 atom stereocenters. The van der Waals surface area contributed by atoms with Gasteiger partial charge in [0, 0.05) is 32.0 Å². The molecule has 0 radical (unpaired) electrons. The second-order valence-electron chi connectivity index (χ2n) is 3.99. The van der Waals surface area contributed by atoms with Gasteiger partial charge >= 0.3 is 0 Å². The predicted molar refractivity (Wildman–Crippen MR) is 62.3 cm³/mol. The standard InChI is InChI=1S/C12H18N2O3/c15-5-4-14(10-12-16-6-7-17-12)9-11-2-1-3-13-8-11/h1-3,8,12,15H,4-7,9-10H2.